The number of ether oxygens (including phenoxy) is 1. The fourth-order valence-corrected chi connectivity index (χ4v) is 2.47. The average molecular weight is 288 g/mol. The normalized spacial score (nSPS) is 14.2. The van der Waals surface area contributed by atoms with Gasteiger partial charge in [0.2, 0.25) is 5.89 Å². The summed E-state index contributed by atoms with van der Waals surface area (Å²) < 4.78 is 10.7. The van der Waals surface area contributed by atoms with Crippen molar-refractivity contribution >= 4 is 6.01 Å². The first-order valence-corrected chi connectivity index (χ1v) is 7.20. The molecule has 1 aromatic carbocycles. The largest absolute Gasteiger partial charge is 0.407 e. The predicted octanol–water partition coefficient (Wildman–Crippen LogP) is 1.37. The number of benzene rings is 1. The second kappa shape index (κ2) is 6.69. The van der Waals surface area contributed by atoms with Gasteiger partial charge >= 0.3 is 6.01 Å². The first kappa shape index (κ1) is 14.0. The van der Waals surface area contributed by atoms with E-state index in [2.05, 4.69) is 44.7 Å². The Morgan fingerprint density at radius 3 is 3.00 bits per heavy atom. The van der Waals surface area contributed by atoms with Crippen molar-refractivity contribution in [2.45, 2.75) is 19.5 Å². The smallest absolute Gasteiger partial charge is 0.318 e. The van der Waals surface area contributed by atoms with Crippen LogP contribution in [0.4, 0.5) is 6.01 Å². The van der Waals surface area contributed by atoms with Crippen molar-refractivity contribution in [2.75, 3.05) is 31.7 Å². The van der Waals surface area contributed by atoms with E-state index in [0.717, 1.165) is 26.1 Å². The van der Waals surface area contributed by atoms with Gasteiger partial charge in [-0.25, -0.2) is 0 Å². The number of rotatable bonds is 6. The molecule has 2 heterocycles. The number of hydrogen-bond donors (Lipinski definition) is 1. The minimum absolute atomic E-state index is 0.570. The highest BCUT2D eigenvalue weighted by Gasteiger charge is 2.20. The maximum Gasteiger partial charge on any atom is 0.318 e. The lowest BCUT2D eigenvalue weighted by molar-refractivity contribution is 0.198. The van der Waals surface area contributed by atoms with Crippen molar-refractivity contribution in [3.8, 4) is 0 Å². The van der Waals surface area contributed by atoms with Crippen molar-refractivity contribution in [3.05, 3.63) is 41.3 Å². The van der Waals surface area contributed by atoms with Crippen molar-refractivity contribution in [1.29, 1.82) is 0 Å². The average Bonchev–Trinajstić information content (AvgIpc) is 3.00. The van der Waals surface area contributed by atoms with Gasteiger partial charge in [-0.1, -0.05) is 29.4 Å². The second-order valence-corrected chi connectivity index (χ2v) is 5.09. The van der Waals surface area contributed by atoms with Crippen molar-refractivity contribution < 1.29 is 9.15 Å². The lowest BCUT2D eigenvalue weighted by Gasteiger charge is -2.26. The zero-order chi connectivity index (χ0) is 14.5. The van der Waals surface area contributed by atoms with Crippen molar-refractivity contribution in [3.63, 3.8) is 0 Å². The predicted molar refractivity (Wildman–Crippen MR) is 79.1 cm³/mol. The Bertz CT molecular complexity index is 585. The van der Waals surface area contributed by atoms with Crippen molar-refractivity contribution in [1.82, 2.24) is 15.5 Å². The number of methoxy groups -OCH3 is 1. The Morgan fingerprint density at radius 2 is 2.14 bits per heavy atom. The first-order valence-electron chi connectivity index (χ1n) is 7.20. The molecule has 0 saturated carbocycles. The van der Waals surface area contributed by atoms with E-state index in [1.807, 2.05) is 0 Å². The molecule has 21 heavy (non-hydrogen) atoms. The van der Waals surface area contributed by atoms with Gasteiger partial charge in [0.25, 0.3) is 0 Å². The summed E-state index contributed by atoms with van der Waals surface area (Å²) in [5.74, 6) is 0.611. The molecule has 0 radical (unpaired) electrons. The Labute approximate surface area is 124 Å². The van der Waals surface area contributed by atoms with E-state index >= 15 is 0 Å². The van der Waals surface area contributed by atoms with Gasteiger partial charge in [0.15, 0.2) is 0 Å². The molecule has 0 amide bonds. The van der Waals surface area contributed by atoms with Crippen LogP contribution in [0.5, 0.6) is 0 Å². The maximum atomic E-state index is 5.72. The third-order valence-corrected chi connectivity index (χ3v) is 3.62. The number of nitrogens with zero attached hydrogens (tertiary/aromatic N) is 3. The molecule has 1 aromatic heterocycles. The zero-order valence-corrected chi connectivity index (χ0v) is 12.2. The van der Waals surface area contributed by atoms with Crippen LogP contribution in [-0.2, 0) is 24.2 Å². The Balaban J connectivity index is 1.59. The summed E-state index contributed by atoms with van der Waals surface area (Å²) in [4.78, 5) is 2.13. The molecule has 0 unspecified atom stereocenters. The van der Waals surface area contributed by atoms with E-state index in [4.69, 9.17) is 9.15 Å². The third kappa shape index (κ3) is 3.40. The number of anilines is 1. The van der Waals surface area contributed by atoms with E-state index in [0.29, 0.717) is 25.1 Å². The van der Waals surface area contributed by atoms with Gasteiger partial charge in [0, 0.05) is 26.7 Å². The molecule has 112 valence electrons. The molecule has 0 spiro atoms. The highest BCUT2D eigenvalue weighted by atomic mass is 16.5. The molecule has 3 rings (SSSR count). The number of fused-ring (bicyclic) bond motifs is 1. The van der Waals surface area contributed by atoms with E-state index in [1.165, 1.54) is 11.1 Å². The summed E-state index contributed by atoms with van der Waals surface area (Å²) in [6.45, 7) is 3.75. The van der Waals surface area contributed by atoms with Crippen LogP contribution >= 0.6 is 0 Å². The fraction of sp³-hybridized carbons (Fsp3) is 0.467. The molecule has 0 aliphatic carbocycles. The van der Waals surface area contributed by atoms with Crippen LogP contribution in [0.25, 0.3) is 0 Å². The molecule has 6 nitrogen and oxygen atoms in total. The first-order chi connectivity index (χ1) is 10.4. The summed E-state index contributed by atoms with van der Waals surface area (Å²) in [5.41, 5.74) is 2.75. The van der Waals surface area contributed by atoms with Crippen LogP contribution in [0.3, 0.4) is 0 Å². The Hall–Kier alpha value is -1.92. The van der Waals surface area contributed by atoms with Crippen LogP contribution in [0.1, 0.15) is 17.0 Å². The number of aromatic nitrogens is 2. The quantitative estimate of drug-likeness (QED) is 0.810. The van der Waals surface area contributed by atoms with E-state index in [9.17, 15) is 0 Å². The molecule has 6 heteroatoms. The minimum Gasteiger partial charge on any atom is -0.407 e. The van der Waals surface area contributed by atoms with Crippen LogP contribution in [0.15, 0.2) is 28.7 Å². The Kier molecular flexibility index (Phi) is 4.47. The number of nitrogens with one attached hydrogen (secondary N) is 1. The molecule has 0 saturated heterocycles. The lowest BCUT2D eigenvalue weighted by atomic mass is 10.0. The molecule has 1 aliphatic rings. The molecule has 1 aliphatic heterocycles. The van der Waals surface area contributed by atoms with Crippen LogP contribution in [0.2, 0.25) is 0 Å². The summed E-state index contributed by atoms with van der Waals surface area (Å²) in [6.07, 6.45) is 1.01. The minimum atomic E-state index is 0.570. The van der Waals surface area contributed by atoms with E-state index < -0.39 is 0 Å². The summed E-state index contributed by atoms with van der Waals surface area (Å²) in [5, 5.41) is 11.4. The molecule has 2 aromatic rings. The SMILES string of the molecule is COCCNCc1nnc(N2CCc3ccccc3C2)o1. The van der Waals surface area contributed by atoms with Gasteiger partial charge < -0.3 is 19.4 Å². The second-order valence-electron chi connectivity index (χ2n) is 5.09. The highest BCUT2D eigenvalue weighted by molar-refractivity contribution is 5.37. The lowest BCUT2D eigenvalue weighted by Crippen LogP contribution is -2.30. The Morgan fingerprint density at radius 1 is 1.29 bits per heavy atom. The molecule has 0 fully saturated rings. The van der Waals surface area contributed by atoms with Gasteiger partial charge in [-0.05, 0) is 17.5 Å². The van der Waals surface area contributed by atoms with Crippen LogP contribution in [0, 0.1) is 0 Å². The topological polar surface area (TPSA) is 63.4 Å². The zero-order valence-electron chi connectivity index (χ0n) is 12.2. The maximum absolute atomic E-state index is 5.72. The van der Waals surface area contributed by atoms with Gasteiger partial charge in [-0.15, -0.1) is 5.10 Å². The standard InChI is InChI=1S/C15H20N4O2/c1-20-9-7-16-10-14-17-18-15(21-14)19-8-6-12-4-2-3-5-13(12)11-19/h2-5,16H,6-11H2,1H3. The fourth-order valence-electron chi connectivity index (χ4n) is 2.47. The number of hydrogen-bond acceptors (Lipinski definition) is 6. The van der Waals surface area contributed by atoms with Gasteiger partial charge in [0.05, 0.1) is 13.2 Å². The summed E-state index contributed by atoms with van der Waals surface area (Å²) in [7, 11) is 1.68. The summed E-state index contributed by atoms with van der Waals surface area (Å²) >= 11 is 0. The van der Waals surface area contributed by atoms with Crippen LogP contribution in [-0.4, -0.2) is 37.0 Å². The summed E-state index contributed by atoms with van der Waals surface area (Å²) in [6, 6.07) is 9.11. The monoisotopic (exact) mass is 288 g/mol. The molecule has 0 atom stereocenters. The van der Waals surface area contributed by atoms with E-state index in [1.54, 1.807) is 7.11 Å². The van der Waals surface area contributed by atoms with Crippen LogP contribution < -0.4 is 10.2 Å². The van der Waals surface area contributed by atoms with E-state index in [-0.39, 0.29) is 0 Å². The molecule has 1 N–H and O–H groups in total. The highest BCUT2D eigenvalue weighted by Crippen LogP contribution is 2.23. The molecular formula is C15H20N4O2. The van der Waals surface area contributed by atoms with Gasteiger partial charge in [0.1, 0.15) is 0 Å². The van der Waals surface area contributed by atoms with Gasteiger partial charge in [-0.3, -0.25) is 0 Å². The van der Waals surface area contributed by atoms with Crippen molar-refractivity contribution in [2.24, 2.45) is 0 Å². The molecule has 0 bridgehead atoms. The third-order valence-electron chi connectivity index (χ3n) is 3.62. The van der Waals surface area contributed by atoms with Gasteiger partial charge in [-0.2, -0.15) is 0 Å². The molecular weight excluding hydrogens is 268 g/mol.